The summed E-state index contributed by atoms with van der Waals surface area (Å²) in [5.74, 6) is 3.84. The highest BCUT2D eigenvalue weighted by Gasteiger charge is 2.19. The van der Waals surface area contributed by atoms with Crippen molar-refractivity contribution in [1.82, 2.24) is 30.4 Å². The quantitative estimate of drug-likeness (QED) is 0.345. The summed E-state index contributed by atoms with van der Waals surface area (Å²) >= 11 is 0. The largest absolute Gasteiger partial charge is 0.443 e. The van der Waals surface area contributed by atoms with Crippen molar-refractivity contribution in [1.29, 1.82) is 0 Å². The maximum Gasteiger partial charge on any atom is 0.213 e. The number of oxazole rings is 1. The van der Waals surface area contributed by atoms with Crippen LogP contribution in [0.5, 0.6) is 0 Å². The zero-order valence-electron chi connectivity index (χ0n) is 17.9. The lowest BCUT2D eigenvalue weighted by Gasteiger charge is -2.15. The first-order chi connectivity index (χ1) is 13.3. The molecule has 1 unspecified atom stereocenters. The van der Waals surface area contributed by atoms with Crippen LogP contribution in [-0.4, -0.2) is 45.0 Å². The van der Waals surface area contributed by atoms with Gasteiger partial charge >= 0.3 is 0 Å². The summed E-state index contributed by atoms with van der Waals surface area (Å²) in [5.41, 5.74) is -0.0662. The van der Waals surface area contributed by atoms with Crippen molar-refractivity contribution in [2.45, 2.75) is 65.1 Å². The zero-order chi connectivity index (χ0) is 20.1. The number of aliphatic imine (C=N–C) groups is 1. The molecule has 3 rings (SSSR count). The third-order valence-corrected chi connectivity index (χ3v) is 4.78. The molecule has 0 saturated carbocycles. The fourth-order valence-corrected chi connectivity index (χ4v) is 2.83. The van der Waals surface area contributed by atoms with Gasteiger partial charge in [0.25, 0.3) is 0 Å². The molecule has 1 aliphatic heterocycles. The number of aromatic nitrogens is 4. The number of ether oxygens (including phenoxy) is 1. The lowest BCUT2D eigenvalue weighted by Crippen LogP contribution is -2.41. The number of halogens is 1. The fourth-order valence-electron chi connectivity index (χ4n) is 2.83. The summed E-state index contributed by atoms with van der Waals surface area (Å²) < 4.78 is 13.5. The Labute approximate surface area is 189 Å². The normalized spacial score (nSPS) is 17.3. The number of guanidine groups is 1. The van der Waals surface area contributed by atoms with Crippen LogP contribution in [0.15, 0.2) is 15.6 Å². The van der Waals surface area contributed by atoms with Gasteiger partial charge in [-0.15, -0.1) is 34.2 Å². The first-order valence-corrected chi connectivity index (χ1v) is 9.77. The van der Waals surface area contributed by atoms with Crippen LogP contribution in [0.3, 0.4) is 0 Å². The molecule has 2 N–H and O–H groups in total. The monoisotopic (exact) mass is 517 g/mol. The molecule has 9 nitrogen and oxygen atoms in total. The topological polar surface area (TPSA) is 102 Å². The van der Waals surface area contributed by atoms with E-state index in [4.69, 9.17) is 9.15 Å². The molecule has 29 heavy (non-hydrogen) atoms. The molecule has 0 radical (unpaired) electrons. The Morgan fingerprint density at radius 2 is 2.10 bits per heavy atom. The third-order valence-electron chi connectivity index (χ3n) is 4.78. The standard InChI is InChI=1S/C19H31N7O2.HI/c1-13-24-25-16(26(13)5)11-22-18(21-9-14-7-6-8-27-14)23-12-17-20-10-15(28-17)19(2,3)4;/h10,14H,6-9,11-12H2,1-5H3,(H2,21,22,23);1H. The molecule has 0 amide bonds. The lowest BCUT2D eigenvalue weighted by molar-refractivity contribution is 0.113. The smallest absolute Gasteiger partial charge is 0.213 e. The van der Waals surface area contributed by atoms with Crippen LogP contribution in [0.25, 0.3) is 0 Å². The molecule has 1 aliphatic rings. The SMILES string of the molecule is Cc1nnc(CN=C(NCc2ncc(C(C)(C)C)o2)NCC2CCCO2)n1C.I. The van der Waals surface area contributed by atoms with Gasteiger partial charge in [-0.3, -0.25) is 0 Å². The number of aryl methyl sites for hydroxylation is 1. The molecule has 1 atom stereocenters. The Bertz CT molecular complexity index is 804. The molecule has 3 heterocycles. The molecule has 10 heteroatoms. The molecule has 0 bridgehead atoms. The molecule has 2 aromatic rings. The minimum Gasteiger partial charge on any atom is -0.443 e. The van der Waals surface area contributed by atoms with Gasteiger partial charge in [0, 0.05) is 25.6 Å². The first kappa shape index (κ1) is 23.6. The number of hydrogen-bond donors (Lipinski definition) is 2. The predicted octanol–water partition coefficient (Wildman–Crippen LogP) is 2.44. The zero-order valence-corrected chi connectivity index (χ0v) is 20.2. The number of nitrogens with zero attached hydrogens (tertiary/aromatic N) is 5. The minimum atomic E-state index is -0.0662. The van der Waals surface area contributed by atoms with Crippen LogP contribution in [-0.2, 0) is 30.3 Å². The average molecular weight is 517 g/mol. The molecule has 0 aliphatic carbocycles. The highest BCUT2D eigenvalue weighted by molar-refractivity contribution is 14.0. The molecule has 0 spiro atoms. The van der Waals surface area contributed by atoms with E-state index in [2.05, 4.69) is 51.6 Å². The van der Waals surface area contributed by atoms with Crippen LogP contribution in [0.4, 0.5) is 0 Å². The summed E-state index contributed by atoms with van der Waals surface area (Å²) in [5, 5.41) is 14.9. The van der Waals surface area contributed by atoms with Gasteiger partial charge in [0.05, 0.1) is 18.8 Å². The van der Waals surface area contributed by atoms with Crippen molar-refractivity contribution in [2.24, 2.45) is 12.0 Å². The molecule has 0 aromatic carbocycles. The number of hydrogen-bond acceptors (Lipinski definition) is 6. The van der Waals surface area contributed by atoms with E-state index >= 15 is 0 Å². The second-order valence-corrected chi connectivity index (χ2v) is 8.13. The summed E-state index contributed by atoms with van der Waals surface area (Å²) in [4.78, 5) is 9.01. The average Bonchev–Trinajstić information content (AvgIpc) is 3.38. The summed E-state index contributed by atoms with van der Waals surface area (Å²) in [6.45, 7) is 10.6. The molecule has 1 fully saturated rings. The van der Waals surface area contributed by atoms with E-state index in [1.54, 1.807) is 6.20 Å². The van der Waals surface area contributed by atoms with Gasteiger partial charge < -0.3 is 24.4 Å². The van der Waals surface area contributed by atoms with Gasteiger partial charge in [0.1, 0.15) is 18.1 Å². The van der Waals surface area contributed by atoms with Gasteiger partial charge in [-0.05, 0) is 19.8 Å². The van der Waals surface area contributed by atoms with Crippen LogP contribution < -0.4 is 10.6 Å². The highest BCUT2D eigenvalue weighted by atomic mass is 127. The van der Waals surface area contributed by atoms with E-state index in [1.807, 2.05) is 18.5 Å². The molecule has 1 saturated heterocycles. The number of nitrogens with one attached hydrogen (secondary N) is 2. The van der Waals surface area contributed by atoms with Crippen molar-refractivity contribution >= 4 is 29.9 Å². The maximum atomic E-state index is 5.85. The Balaban J connectivity index is 0.00000300. The van der Waals surface area contributed by atoms with Gasteiger partial charge in [-0.2, -0.15) is 0 Å². The molecule has 2 aromatic heterocycles. The second-order valence-electron chi connectivity index (χ2n) is 8.13. The van der Waals surface area contributed by atoms with Crippen molar-refractivity contribution < 1.29 is 9.15 Å². The summed E-state index contributed by atoms with van der Waals surface area (Å²) in [6.07, 6.45) is 4.18. The summed E-state index contributed by atoms with van der Waals surface area (Å²) in [7, 11) is 1.94. The number of rotatable bonds is 6. The van der Waals surface area contributed by atoms with Gasteiger partial charge in [-0.25, -0.2) is 9.98 Å². The lowest BCUT2D eigenvalue weighted by atomic mass is 9.94. The first-order valence-electron chi connectivity index (χ1n) is 9.77. The molecular weight excluding hydrogens is 485 g/mol. The van der Waals surface area contributed by atoms with E-state index in [-0.39, 0.29) is 35.5 Å². The highest BCUT2D eigenvalue weighted by Crippen LogP contribution is 2.22. The van der Waals surface area contributed by atoms with Crippen molar-refractivity contribution in [2.75, 3.05) is 13.2 Å². The molecular formula is C19H32IN7O2. The van der Waals surface area contributed by atoms with Gasteiger partial charge in [0.15, 0.2) is 11.8 Å². The van der Waals surface area contributed by atoms with E-state index in [1.165, 1.54) is 0 Å². The Morgan fingerprint density at radius 3 is 2.69 bits per heavy atom. The van der Waals surface area contributed by atoms with Crippen LogP contribution in [0.2, 0.25) is 0 Å². The second kappa shape index (κ2) is 10.4. The van der Waals surface area contributed by atoms with E-state index < -0.39 is 0 Å². The van der Waals surface area contributed by atoms with Gasteiger partial charge in [-0.1, -0.05) is 20.8 Å². The fraction of sp³-hybridized carbons (Fsp3) is 0.684. The predicted molar refractivity (Wildman–Crippen MR) is 121 cm³/mol. The van der Waals surface area contributed by atoms with Crippen molar-refractivity contribution in [3.05, 3.63) is 29.5 Å². The Kier molecular flexibility index (Phi) is 8.44. The van der Waals surface area contributed by atoms with Crippen LogP contribution in [0.1, 0.15) is 56.9 Å². The van der Waals surface area contributed by atoms with Crippen molar-refractivity contribution in [3.8, 4) is 0 Å². The van der Waals surface area contributed by atoms with Gasteiger partial charge in [0.2, 0.25) is 5.89 Å². The Morgan fingerprint density at radius 1 is 1.31 bits per heavy atom. The maximum absolute atomic E-state index is 5.85. The van der Waals surface area contributed by atoms with Crippen molar-refractivity contribution in [3.63, 3.8) is 0 Å². The van der Waals surface area contributed by atoms with E-state index in [0.717, 1.165) is 36.9 Å². The van der Waals surface area contributed by atoms with Crippen LogP contribution >= 0.6 is 24.0 Å². The Hall–Kier alpha value is -1.69. The third kappa shape index (κ3) is 6.66. The summed E-state index contributed by atoms with van der Waals surface area (Å²) in [6, 6.07) is 0. The minimum absolute atomic E-state index is 0. The van der Waals surface area contributed by atoms with E-state index in [9.17, 15) is 0 Å². The van der Waals surface area contributed by atoms with E-state index in [0.29, 0.717) is 31.5 Å². The molecule has 162 valence electrons. The van der Waals surface area contributed by atoms with Crippen LogP contribution in [0, 0.1) is 6.92 Å².